The topological polar surface area (TPSA) is 94.8 Å². The van der Waals surface area contributed by atoms with Crippen molar-refractivity contribution >= 4 is 22.7 Å². The molecule has 4 atom stereocenters. The van der Waals surface area contributed by atoms with E-state index in [0.29, 0.717) is 49.7 Å². The number of ether oxygens (including phenoxy) is 2. The van der Waals surface area contributed by atoms with Crippen LogP contribution in [0.3, 0.4) is 0 Å². The molecule has 0 N–H and O–H groups in total. The van der Waals surface area contributed by atoms with Crippen molar-refractivity contribution in [1.29, 1.82) is 5.26 Å². The molecule has 0 spiro atoms. The second-order valence-electron chi connectivity index (χ2n) is 13.8. The van der Waals surface area contributed by atoms with Crippen molar-refractivity contribution < 1.29 is 18.7 Å². The Morgan fingerprint density at radius 2 is 1.84 bits per heavy atom. The number of amides is 1. The highest BCUT2D eigenvalue weighted by molar-refractivity contribution is 5.88. The van der Waals surface area contributed by atoms with E-state index < -0.39 is 11.8 Å². The average Bonchev–Trinajstić information content (AvgIpc) is 3.61. The second kappa shape index (κ2) is 10.9. The van der Waals surface area contributed by atoms with Crippen LogP contribution in [0.2, 0.25) is 0 Å². The molecule has 2 aromatic carbocycles. The van der Waals surface area contributed by atoms with E-state index >= 15 is 0 Å². The van der Waals surface area contributed by atoms with Gasteiger partial charge >= 0.3 is 12.1 Å². The molecule has 1 amide bonds. The van der Waals surface area contributed by atoms with Crippen molar-refractivity contribution in [3.63, 3.8) is 0 Å². The van der Waals surface area contributed by atoms with Crippen molar-refractivity contribution in [1.82, 2.24) is 19.8 Å². The third-order valence-electron chi connectivity index (χ3n) is 9.62. The van der Waals surface area contributed by atoms with Gasteiger partial charge < -0.3 is 14.4 Å². The molecule has 4 aliphatic rings. The predicted octanol–water partition coefficient (Wildman–Crippen LogP) is 5.71. The maximum atomic E-state index is 14.5. The Kier molecular flexibility index (Phi) is 7.12. The van der Waals surface area contributed by atoms with Gasteiger partial charge in [-0.3, -0.25) is 9.80 Å². The number of hydrogen-bond donors (Lipinski definition) is 0. The smallest absolute Gasteiger partial charge is 0.410 e. The lowest BCUT2D eigenvalue weighted by molar-refractivity contribution is 0.0122. The zero-order valence-corrected chi connectivity index (χ0v) is 25.6. The van der Waals surface area contributed by atoms with E-state index in [1.54, 1.807) is 0 Å². The average molecular weight is 599 g/mol. The Morgan fingerprint density at radius 1 is 1.09 bits per heavy atom. The van der Waals surface area contributed by atoms with Crippen molar-refractivity contribution in [2.45, 2.75) is 82.3 Å². The summed E-state index contributed by atoms with van der Waals surface area (Å²) in [4.78, 5) is 29.0. The largest absolute Gasteiger partial charge is 0.461 e. The second-order valence-corrected chi connectivity index (χ2v) is 13.8. The molecular weight excluding hydrogens is 559 g/mol. The van der Waals surface area contributed by atoms with Gasteiger partial charge in [-0.05, 0) is 69.8 Å². The molecule has 44 heavy (non-hydrogen) atoms. The summed E-state index contributed by atoms with van der Waals surface area (Å²) < 4.78 is 26.6. The zero-order valence-electron chi connectivity index (χ0n) is 25.6. The molecule has 0 unspecified atom stereocenters. The summed E-state index contributed by atoms with van der Waals surface area (Å²) in [6, 6.07) is 16.6. The van der Waals surface area contributed by atoms with Gasteiger partial charge in [-0.15, -0.1) is 0 Å². The van der Waals surface area contributed by atoms with Gasteiger partial charge in [0.1, 0.15) is 30.0 Å². The third-order valence-corrected chi connectivity index (χ3v) is 9.62. The van der Waals surface area contributed by atoms with Gasteiger partial charge in [0.15, 0.2) is 5.82 Å². The predicted molar refractivity (Wildman–Crippen MR) is 165 cm³/mol. The van der Waals surface area contributed by atoms with Crippen LogP contribution in [-0.2, 0) is 4.74 Å². The fraction of sp³-hybridized carbons (Fsp3) is 0.529. The molecule has 0 aliphatic carbocycles. The number of carbonyl (C=O) groups is 1. The first-order chi connectivity index (χ1) is 21.1. The summed E-state index contributed by atoms with van der Waals surface area (Å²) in [5.41, 5.74) is 0.761. The number of alkyl halides is 1. The minimum atomic E-state index is -0.860. The normalized spacial score (nSPS) is 26.6. The monoisotopic (exact) mass is 598 g/mol. The number of nitrogens with zero attached hydrogens (tertiary/aromatic N) is 6. The van der Waals surface area contributed by atoms with Crippen LogP contribution in [0.25, 0.3) is 22.0 Å². The summed E-state index contributed by atoms with van der Waals surface area (Å²) in [5, 5.41) is 12.7. The van der Waals surface area contributed by atoms with Crippen LogP contribution in [0, 0.1) is 11.3 Å². The summed E-state index contributed by atoms with van der Waals surface area (Å²) in [6.07, 6.45) is 2.91. The van der Waals surface area contributed by atoms with Crippen LogP contribution >= 0.6 is 0 Å². The van der Waals surface area contributed by atoms with E-state index in [4.69, 9.17) is 19.4 Å². The lowest BCUT2D eigenvalue weighted by Gasteiger charge is -2.42. The van der Waals surface area contributed by atoms with Gasteiger partial charge in [0.25, 0.3) is 0 Å². The lowest BCUT2D eigenvalue weighted by Crippen LogP contribution is -2.57. The minimum Gasteiger partial charge on any atom is -0.461 e. The molecule has 4 aliphatic heterocycles. The van der Waals surface area contributed by atoms with E-state index in [0.717, 1.165) is 48.6 Å². The first kappa shape index (κ1) is 28.8. The molecular formula is C34H39FN6O3. The standard InChI is InChI=1S/C34H39FN6O3/c1-33(2,3)44-32(42)41-26-11-12-27(41)20-39(19-26)30-28(17-36)29(24-10-9-22-7-4-5-8-23(22)15-24)37-31(38-30)43-21-34-13-6-14-40(34)18-25(35)16-34/h4-5,7-10,15,25-27H,6,11-14,16,18-21H2,1-3H3/t25-,26-,27+,34+/m1/s1. The molecule has 9 nitrogen and oxygen atoms in total. The van der Waals surface area contributed by atoms with Crippen LogP contribution in [-0.4, -0.2) is 88.0 Å². The Morgan fingerprint density at radius 3 is 2.57 bits per heavy atom. The number of anilines is 1. The molecule has 2 bridgehead atoms. The molecule has 230 valence electrons. The van der Waals surface area contributed by atoms with E-state index in [2.05, 4.69) is 21.9 Å². The Labute approximate surface area is 257 Å². The highest BCUT2D eigenvalue weighted by Crippen LogP contribution is 2.41. The first-order valence-corrected chi connectivity index (χ1v) is 15.7. The van der Waals surface area contributed by atoms with E-state index in [-0.39, 0.29) is 29.7 Å². The first-order valence-electron chi connectivity index (χ1n) is 15.7. The number of fused-ring (bicyclic) bond motifs is 4. The Bertz CT molecular complexity index is 1620. The van der Waals surface area contributed by atoms with Crippen LogP contribution < -0.4 is 9.64 Å². The van der Waals surface area contributed by atoms with Crippen LogP contribution in [0.15, 0.2) is 42.5 Å². The van der Waals surface area contributed by atoms with Gasteiger partial charge in [-0.2, -0.15) is 15.2 Å². The Hall–Kier alpha value is -3.97. The molecule has 0 saturated carbocycles. The summed E-state index contributed by atoms with van der Waals surface area (Å²) in [6.45, 7) is 8.30. The summed E-state index contributed by atoms with van der Waals surface area (Å²) in [5.74, 6) is 0.511. The number of halogens is 1. The highest BCUT2D eigenvalue weighted by atomic mass is 19.1. The SMILES string of the molecule is CC(C)(C)OC(=O)N1[C@@H]2CC[C@H]1CN(c1nc(OC[C@@]34CCCN3C[C@H](F)C4)nc(-c3ccc4ccccc4c3)c1C#N)C2. The number of carbonyl (C=O) groups excluding carboxylic acids is 1. The van der Waals surface area contributed by atoms with Gasteiger partial charge in [0.2, 0.25) is 0 Å². The molecule has 4 saturated heterocycles. The molecule has 5 heterocycles. The number of benzene rings is 2. The van der Waals surface area contributed by atoms with Crippen molar-refractivity contribution in [3.05, 3.63) is 48.0 Å². The number of hydrogen-bond acceptors (Lipinski definition) is 8. The Balaban J connectivity index is 1.25. The molecule has 0 radical (unpaired) electrons. The minimum absolute atomic E-state index is 0.0514. The fourth-order valence-electron chi connectivity index (χ4n) is 7.71. The maximum absolute atomic E-state index is 14.5. The number of piperazine rings is 1. The molecule has 10 heteroatoms. The number of nitriles is 1. The lowest BCUT2D eigenvalue weighted by atomic mass is 9.95. The molecule has 7 rings (SSSR count). The van der Waals surface area contributed by atoms with Crippen molar-refractivity contribution in [2.75, 3.05) is 37.7 Å². The van der Waals surface area contributed by atoms with E-state index in [1.165, 1.54) is 0 Å². The van der Waals surface area contributed by atoms with E-state index in [1.807, 2.05) is 62.1 Å². The highest BCUT2D eigenvalue weighted by Gasteiger charge is 2.50. The third kappa shape index (κ3) is 5.21. The molecule has 3 aromatic rings. The number of aromatic nitrogens is 2. The molecule has 4 fully saturated rings. The quantitative estimate of drug-likeness (QED) is 0.369. The maximum Gasteiger partial charge on any atom is 0.410 e. The van der Waals surface area contributed by atoms with Crippen LogP contribution in [0.4, 0.5) is 15.0 Å². The summed E-state index contributed by atoms with van der Waals surface area (Å²) >= 11 is 0. The zero-order chi connectivity index (χ0) is 30.6. The van der Waals surface area contributed by atoms with Crippen LogP contribution in [0.5, 0.6) is 6.01 Å². The van der Waals surface area contributed by atoms with Gasteiger partial charge in [-0.25, -0.2) is 9.18 Å². The van der Waals surface area contributed by atoms with Gasteiger partial charge in [0, 0.05) is 31.6 Å². The fourth-order valence-corrected chi connectivity index (χ4v) is 7.71. The van der Waals surface area contributed by atoms with Gasteiger partial charge in [0.05, 0.1) is 23.3 Å². The van der Waals surface area contributed by atoms with Crippen molar-refractivity contribution in [2.24, 2.45) is 0 Å². The summed E-state index contributed by atoms with van der Waals surface area (Å²) in [7, 11) is 0. The van der Waals surface area contributed by atoms with Gasteiger partial charge in [-0.1, -0.05) is 36.4 Å². The van der Waals surface area contributed by atoms with E-state index in [9.17, 15) is 14.4 Å². The van der Waals surface area contributed by atoms with Crippen molar-refractivity contribution in [3.8, 4) is 23.3 Å². The number of rotatable bonds is 5. The molecule has 1 aromatic heterocycles. The van der Waals surface area contributed by atoms with Crippen LogP contribution in [0.1, 0.15) is 58.4 Å².